The van der Waals surface area contributed by atoms with E-state index >= 15 is 0 Å². The molecule has 0 radical (unpaired) electrons. The van der Waals surface area contributed by atoms with Crippen LogP contribution < -0.4 is 19.6 Å². The van der Waals surface area contributed by atoms with Gasteiger partial charge in [-0.05, 0) is 48.9 Å². The third-order valence-electron chi connectivity index (χ3n) is 4.52. The quantitative estimate of drug-likeness (QED) is 0.293. The second-order valence-corrected chi connectivity index (χ2v) is 6.84. The first kappa shape index (κ1) is 22.7. The summed E-state index contributed by atoms with van der Waals surface area (Å²) in [6, 6.07) is 14.3. The second kappa shape index (κ2) is 11.5. The third kappa shape index (κ3) is 6.28. The number of carbonyl (C=O) groups is 1. The van der Waals surface area contributed by atoms with Crippen molar-refractivity contribution in [2.24, 2.45) is 5.10 Å². The minimum absolute atomic E-state index is 0.207. The Kier molecular flexibility index (Phi) is 8.14. The summed E-state index contributed by atoms with van der Waals surface area (Å²) >= 11 is 0. The van der Waals surface area contributed by atoms with Crippen molar-refractivity contribution in [3.05, 3.63) is 66.0 Å². The normalized spacial score (nSPS) is 10.7. The molecule has 0 aliphatic rings. The van der Waals surface area contributed by atoms with Crippen LogP contribution in [0.2, 0.25) is 0 Å². The molecule has 8 nitrogen and oxygen atoms in total. The SMILES string of the molecule is CCCCOc1ccc(-c2nccc(C(=O)N/N=C/c3cc(OC)cc(OC)c3)n2)cc1. The predicted octanol–water partition coefficient (Wildman–Crippen LogP) is 4.10. The Labute approximate surface area is 187 Å². The van der Waals surface area contributed by atoms with Gasteiger partial charge in [-0.2, -0.15) is 5.10 Å². The smallest absolute Gasteiger partial charge is 0.290 e. The fraction of sp³-hybridized carbons (Fsp3) is 0.250. The molecule has 0 aliphatic carbocycles. The summed E-state index contributed by atoms with van der Waals surface area (Å²) in [7, 11) is 3.13. The molecule has 8 heteroatoms. The summed E-state index contributed by atoms with van der Waals surface area (Å²) in [6.07, 6.45) is 5.14. The average molecular weight is 434 g/mol. The summed E-state index contributed by atoms with van der Waals surface area (Å²) in [5.41, 5.74) is 4.19. The Morgan fingerprint density at radius 1 is 1.03 bits per heavy atom. The molecule has 0 atom stereocenters. The number of nitrogens with one attached hydrogen (secondary N) is 1. The van der Waals surface area contributed by atoms with Gasteiger partial charge in [0.15, 0.2) is 5.82 Å². The largest absolute Gasteiger partial charge is 0.497 e. The maximum absolute atomic E-state index is 12.5. The first-order chi connectivity index (χ1) is 15.6. The number of hydrogen-bond donors (Lipinski definition) is 1. The first-order valence-corrected chi connectivity index (χ1v) is 10.3. The van der Waals surface area contributed by atoms with E-state index in [0.717, 1.165) is 24.2 Å². The maximum atomic E-state index is 12.5. The van der Waals surface area contributed by atoms with Crippen LogP contribution in [0.1, 0.15) is 35.8 Å². The highest BCUT2D eigenvalue weighted by Crippen LogP contribution is 2.22. The van der Waals surface area contributed by atoms with Crippen molar-refractivity contribution in [3.63, 3.8) is 0 Å². The zero-order valence-electron chi connectivity index (χ0n) is 18.4. The maximum Gasteiger partial charge on any atom is 0.290 e. The highest BCUT2D eigenvalue weighted by atomic mass is 16.5. The first-order valence-electron chi connectivity index (χ1n) is 10.3. The van der Waals surface area contributed by atoms with Crippen molar-refractivity contribution < 1.29 is 19.0 Å². The molecule has 0 fully saturated rings. The van der Waals surface area contributed by atoms with E-state index in [0.29, 0.717) is 29.5 Å². The molecule has 3 rings (SSSR count). The predicted molar refractivity (Wildman–Crippen MR) is 122 cm³/mol. The summed E-state index contributed by atoms with van der Waals surface area (Å²) in [6.45, 7) is 2.80. The highest BCUT2D eigenvalue weighted by molar-refractivity contribution is 5.93. The molecule has 0 saturated heterocycles. The zero-order chi connectivity index (χ0) is 22.8. The summed E-state index contributed by atoms with van der Waals surface area (Å²) in [4.78, 5) is 21.1. The van der Waals surface area contributed by atoms with Gasteiger partial charge in [-0.25, -0.2) is 15.4 Å². The number of benzene rings is 2. The molecule has 1 heterocycles. The van der Waals surface area contributed by atoms with Gasteiger partial charge in [-0.15, -0.1) is 0 Å². The van der Waals surface area contributed by atoms with Crippen LogP contribution in [0.3, 0.4) is 0 Å². The lowest BCUT2D eigenvalue weighted by Crippen LogP contribution is -2.19. The molecule has 166 valence electrons. The van der Waals surface area contributed by atoms with E-state index in [1.54, 1.807) is 38.6 Å². The van der Waals surface area contributed by atoms with Crippen LogP contribution in [0, 0.1) is 0 Å². The Morgan fingerprint density at radius 3 is 2.41 bits per heavy atom. The van der Waals surface area contributed by atoms with Crippen LogP contribution in [0.5, 0.6) is 17.2 Å². The number of methoxy groups -OCH3 is 2. The van der Waals surface area contributed by atoms with Crippen molar-refractivity contribution in [2.75, 3.05) is 20.8 Å². The van der Waals surface area contributed by atoms with Crippen LogP contribution >= 0.6 is 0 Å². The van der Waals surface area contributed by atoms with Gasteiger partial charge in [0.1, 0.15) is 22.9 Å². The minimum atomic E-state index is -0.445. The number of aromatic nitrogens is 2. The number of ether oxygens (including phenoxy) is 3. The third-order valence-corrected chi connectivity index (χ3v) is 4.52. The van der Waals surface area contributed by atoms with E-state index in [-0.39, 0.29) is 5.69 Å². The molecule has 0 spiro atoms. The fourth-order valence-electron chi connectivity index (χ4n) is 2.79. The molecule has 0 bridgehead atoms. The van der Waals surface area contributed by atoms with Gasteiger partial charge >= 0.3 is 0 Å². The molecule has 3 aromatic rings. The van der Waals surface area contributed by atoms with Crippen molar-refractivity contribution in [2.45, 2.75) is 19.8 Å². The van der Waals surface area contributed by atoms with Gasteiger partial charge in [0.2, 0.25) is 0 Å². The Morgan fingerprint density at radius 2 is 1.75 bits per heavy atom. The Balaban J connectivity index is 1.66. The number of rotatable bonds is 10. The monoisotopic (exact) mass is 434 g/mol. The molecule has 2 aromatic carbocycles. The number of nitrogens with zero attached hydrogens (tertiary/aromatic N) is 3. The summed E-state index contributed by atoms with van der Waals surface area (Å²) < 4.78 is 16.1. The second-order valence-electron chi connectivity index (χ2n) is 6.84. The lowest BCUT2D eigenvalue weighted by atomic mass is 10.2. The van der Waals surface area contributed by atoms with Crippen molar-refractivity contribution >= 4 is 12.1 Å². The van der Waals surface area contributed by atoms with Gasteiger partial charge in [-0.3, -0.25) is 4.79 Å². The van der Waals surface area contributed by atoms with E-state index in [4.69, 9.17) is 14.2 Å². The van der Waals surface area contributed by atoms with E-state index in [1.807, 2.05) is 24.3 Å². The van der Waals surface area contributed by atoms with Gasteiger partial charge < -0.3 is 14.2 Å². The van der Waals surface area contributed by atoms with Gasteiger partial charge in [-0.1, -0.05) is 13.3 Å². The highest BCUT2D eigenvalue weighted by Gasteiger charge is 2.10. The van der Waals surface area contributed by atoms with E-state index in [1.165, 1.54) is 12.3 Å². The van der Waals surface area contributed by atoms with E-state index in [9.17, 15) is 4.79 Å². The lowest BCUT2D eigenvalue weighted by molar-refractivity contribution is 0.0950. The van der Waals surface area contributed by atoms with Crippen molar-refractivity contribution in [1.29, 1.82) is 0 Å². The number of hydrogen-bond acceptors (Lipinski definition) is 7. The van der Waals surface area contributed by atoms with Gasteiger partial charge in [0.05, 0.1) is 27.0 Å². The number of hydrazone groups is 1. The molecule has 1 aromatic heterocycles. The van der Waals surface area contributed by atoms with Crippen molar-refractivity contribution in [1.82, 2.24) is 15.4 Å². The summed E-state index contributed by atoms with van der Waals surface area (Å²) in [5.74, 6) is 2.04. The topological polar surface area (TPSA) is 94.9 Å². The van der Waals surface area contributed by atoms with E-state index < -0.39 is 5.91 Å². The van der Waals surface area contributed by atoms with Crippen LogP contribution in [-0.4, -0.2) is 42.9 Å². The molecule has 0 unspecified atom stereocenters. The number of amides is 1. The molecule has 0 saturated carbocycles. The molecule has 32 heavy (non-hydrogen) atoms. The lowest BCUT2D eigenvalue weighted by Gasteiger charge is -2.07. The molecule has 0 aliphatic heterocycles. The zero-order valence-corrected chi connectivity index (χ0v) is 18.4. The summed E-state index contributed by atoms with van der Waals surface area (Å²) in [5, 5.41) is 4.01. The molecular formula is C24H26N4O4. The standard InChI is InChI=1S/C24H26N4O4/c1-4-5-12-32-19-8-6-18(7-9-19)23-25-11-10-22(27-23)24(29)28-26-16-17-13-20(30-2)15-21(14-17)31-3/h6-11,13-16H,4-5,12H2,1-3H3,(H,28,29)/b26-16+. The van der Waals surface area contributed by atoms with Crippen LogP contribution in [0.25, 0.3) is 11.4 Å². The fourth-order valence-corrected chi connectivity index (χ4v) is 2.79. The van der Waals surface area contributed by atoms with Crippen LogP contribution in [0.15, 0.2) is 59.8 Å². The molecule has 1 amide bonds. The van der Waals surface area contributed by atoms with Crippen LogP contribution in [0.4, 0.5) is 0 Å². The van der Waals surface area contributed by atoms with E-state index in [2.05, 4.69) is 27.4 Å². The number of unbranched alkanes of at least 4 members (excludes halogenated alkanes) is 1. The van der Waals surface area contributed by atoms with Gasteiger partial charge in [0.25, 0.3) is 5.91 Å². The minimum Gasteiger partial charge on any atom is -0.497 e. The Bertz CT molecular complexity index is 1050. The van der Waals surface area contributed by atoms with Crippen molar-refractivity contribution in [3.8, 4) is 28.6 Å². The number of carbonyl (C=O) groups excluding carboxylic acids is 1. The molecule has 1 N–H and O–H groups in total. The molecular weight excluding hydrogens is 408 g/mol. The van der Waals surface area contributed by atoms with Crippen LogP contribution in [-0.2, 0) is 0 Å². The Hall–Kier alpha value is -3.94. The van der Waals surface area contributed by atoms with Gasteiger partial charge in [0, 0.05) is 23.4 Å². The average Bonchev–Trinajstić information content (AvgIpc) is 2.84.